The molecule has 2 aromatic heterocycles. The van der Waals surface area contributed by atoms with Gasteiger partial charge >= 0.3 is 21.9 Å². The molecule has 1 aromatic carbocycles. The summed E-state index contributed by atoms with van der Waals surface area (Å²) in [4.78, 5) is 22.5. The standard InChI is InChI=1S/C27H39N7O4S/c1-27(2,3)26-29-22-18-21(6-7-23(22)34(26)19-20-8-16-38-17-9-20)31(5)39(36,37)33-14-12-32(13-15-33)25(35)24-28-10-11-30(24)4/h6-7,10-11,18,20H,8-9,12-17,19H2,1-5H3/p+1. The summed E-state index contributed by atoms with van der Waals surface area (Å²) in [6, 6.07) is 5.72. The summed E-state index contributed by atoms with van der Waals surface area (Å²) in [6.07, 6.45) is 5.55. The van der Waals surface area contributed by atoms with Crippen molar-refractivity contribution in [3.8, 4) is 0 Å². The second-order valence-electron chi connectivity index (χ2n) is 11.6. The fraction of sp³-hybridized carbons (Fsp3) is 0.593. The summed E-state index contributed by atoms with van der Waals surface area (Å²) in [5, 5.41) is 0. The largest absolute Gasteiger partial charge is 0.381 e. The lowest BCUT2D eigenvalue weighted by molar-refractivity contribution is -0.672. The van der Waals surface area contributed by atoms with E-state index in [-0.39, 0.29) is 24.4 Å². The van der Waals surface area contributed by atoms with Crippen LogP contribution in [0, 0.1) is 5.92 Å². The van der Waals surface area contributed by atoms with Crippen LogP contribution in [0.2, 0.25) is 0 Å². The van der Waals surface area contributed by atoms with Crippen LogP contribution in [-0.2, 0) is 34.0 Å². The molecular weight excluding hydrogens is 518 g/mol. The number of H-pyrrole nitrogens is 1. The Kier molecular flexibility index (Phi) is 7.47. The highest BCUT2D eigenvalue weighted by Crippen LogP contribution is 2.32. The smallest absolute Gasteiger partial charge is 0.345 e. The van der Waals surface area contributed by atoms with Crippen LogP contribution in [0.25, 0.3) is 11.0 Å². The number of imidazole rings is 2. The number of nitrogens with zero attached hydrogens (tertiary/aromatic N) is 6. The van der Waals surface area contributed by atoms with Crippen molar-refractivity contribution in [2.45, 2.75) is 45.6 Å². The van der Waals surface area contributed by atoms with Gasteiger partial charge in [0.15, 0.2) is 0 Å². The lowest BCUT2D eigenvalue weighted by atomic mass is 9.94. The number of aromatic amines is 1. The van der Waals surface area contributed by atoms with E-state index in [0.29, 0.717) is 30.5 Å². The number of aryl methyl sites for hydroxylation is 1. The first-order valence-corrected chi connectivity index (χ1v) is 15.0. The summed E-state index contributed by atoms with van der Waals surface area (Å²) in [5.41, 5.74) is 2.22. The van der Waals surface area contributed by atoms with Crippen molar-refractivity contribution >= 4 is 32.8 Å². The van der Waals surface area contributed by atoms with Gasteiger partial charge in [-0.25, -0.2) is 14.5 Å². The molecule has 0 spiro atoms. The van der Waals surface area contributed by atoms with E-state index >= 15 is 0 Å². The molecule has 2 saturated heterocycles. The van der Waals surface area contributed by atoms with Crippen LogP contribution in [0.5, 0.6) is 0 Å². The predicted octanol–water partition coefficient (Wildman–Crippen LogP) is 2.05. The summed E-state index contributed by atoms with van der Waals surface area (Å²) >= 11 is 0. The molecule has 4 heterocycles. The molecule has 2 fully saturated rings. The van der Waals surface area contributed by atoms with E-state index in [1.807, 2.05) is 18.2 Å². The van der Waals surface area contributed by atoms with Crippen LogP contribution >= 0.6 is 0 Å². The third-order valence-electron chi connectivity index (χ3n) is 7.82. The topological polar surface area (TPSA) is 108 Å². The highest BCUT2D eigenvalue weighted by Gasteiger charge is 2.35. The normalized spacial score (nSPS) is 18.1. The van der Waals surface area contributed by atoms with Crippen molar-refractivity contribution in [3.63, 3.8) is 0 Å². The minimum atomic E-state index is -3.78. The van der Waals surface area contributed by atoms with E-state index in [4.69, 9.17) is 9.72 Å². The van der Waals surface area contributed by atoms with Gasteiger partial charge in [-0.2, -0.15) is 12.7 Å². The van der Waals surface area contributed by atoms with Crippen molar-refractivity contribution in [2.75, 3.05) is 50.7 Å². The maximum Gasteiger partial charge on any atom is 0.345 e. The van der Waals surface area contributed by atoms with Crippen LogP contribution in [0.15, 0.2) is 30.6 Å². The van der Waals surface area contributed by atoms with Crippen molar-refractivity contribution in [3.05, 3.63) is 42.2 Å². The number of benzene rings is 1. The SMILES string of the molecule is CN(c1ccc2c(c1)nc(C(C)(C)C)n2CC1CCOCC1)S(=O)(=O)N1CCN(C(=O)c2[nH]cc[n+]2C)CC1. The first kappa shape index (κ1) is 27.6. The number of anilines is 1. The molecule has 0 aliphatic carbocycles. The Bertz CT molecular complexity index is 1440. The molecule has 11 nitrogen and oxygen atoms in total. The van der Waals surface area contributed by atoms with Gasteiger partial charge in [-0.05, 0) is 37.0 Å². The average molecular weight is 559 g/mol. The van der Waals surface area contributed by atoms with Gasteiger partial charge in [0.05, 0.1) is 23.8 Å². The molecule has 5 rings (SSSR count). The quantitative estimate of drug-likeness (QED) is 0.466. The number of aromatic nitrogens is 4. The molecule has 3 aromatic rings. The van der Waals surface area contributed by atoms with Gasteiger partial charge in [-0.1, -0.05) is 20.8 Å². The number of carbonyl (C=O) groups is 1. The van der Waals surface area contributed by atoms with Gasteiger partial charge < -0.3 is 14.2 Å². The van der Waals surface area contributed by atoms with Crippen LogP contribution in [0.3, 0.4) is 0 Å². The lowest BCUT2D eigenvalue weighted by Gasteiger charge is -2.35. The first-order chi connectivity index (χ1) is 18.5. The molecule has 1 amide bonds. The van der Waals surface area contributed by atoms with Crippen LogP contribution in [0.1, 0.15) is 50.1 Å². The molecule has 12 heteroatoms. The number of ether oxygens (including phenoxy) is 1. The number of piperazine rings is 1. The third-order valence-corrected chi connectivity index (χ3v) is 9.74. The Labute approximate surface area is 230 Å². The molecule has 2 aliphatic heterocycles. The van der Waals surface area contributed by atoms with Crippen LogP contribution < -0.4 is 8.87 Å². The molecule has 0 radical (unpaired) electrons. The monoisotopic (exact) mass is 558 g/mol. The van der Waals surface area contributed by atoms with Gasteiger partial charge in [0, 0.05) is 58.4 Å². The van der Waals surface area contributed by atoms with E-state index < -0.39 is 10.2 Å². The average Bonchev–Trinajstić information content (AvgIpc) is 3.51. The fourth-order valence-electron chi connectivity index (χ4n) is 5.45. The zero-order valence-corrected chi connectivity index (χ0v) is 24.4. The number of rotatable bonds is 6. The zero-order chi connectivity index (χ0) is 27.9. The fourth-order valence-corrected chi connectivity index (χ4v) is 6.80. The maximum atomic E-state index is 13.6. The van der Waals surface area contributed by atoms with E-state index in [1.165, 1.54) is 8.61 Å². The number of nitrogens with one attached hydrogen (secondary N) is 1. The highest BCUT2D eigenvalue weighted by molar-refractivity contribution is 7.90. The molecule has 0 unspecified atom stereocenters. The molecule has 2 aliphatic rings. The number of fused-ring (bicyclic) bond motifs is 1. The Morgan fingerprint density at radius 2 is 1.87 bits per heavy atom. The minimum Gasteiger partial charge on any atom is -0.381 e. The third kappa shape index (κ3) is 5.42. The van der Waals surface area contributed by atoms with E-state index in [2.05, 4.69) is 30.3 Å². The Hall–Kier alpha value is -2.96. The van der Waals surface area contributed by atoms with Crippen molar-refractivity contribution in [2.24, 2.45) is 13.0 Å². The molecule has 0 atom stereocenters. The van der Waals surface area contributed by atoms with Gasteiger partial charge in [0.25, 0.3) is 0 Å². The Morgan fingerprint density at radius 3 is 2.49 bits per heavy atom. The number of hydrogen-bond donors (Lipinski definition) is 1. The maximum absolute atomic E-state index is 13.6. The second-order valence-corrected chi connectivity index (χ2v) is 13.6. The van der Waals surface area contributed by atoms with Gasteiger partial charge in [-0.15, -0.1) is 0 Å². The summed E-state index contributed by atoms with van der Waals surface area (Å²) in [5.74, 6) is 1.87. The minimum absolute atomic E-state index is 0.135. The second kappa shape index (κ2) is 10.5. The van der Waals surface area contributed by atoms with Gasteiger partial charge in [-0.3, -0.25) is 9.10 Å². The molecule has 39 heavy (non-hydrogen) atoms. The first-order valence-electron chi connectivity index (χ1n) is 13.6. The van der Waals surface area contributed by atoms with E-state index in [1.54, 1.807) is 36.0 Å². The number of amides is 1. The summed E-state index contributed by atoms with van der Waals surface area (Å²) in [6.45, 7) is 10.1. The summed E-state index contributed by atoms with van der Waals surface area (Å²) in [7, 11) is -0.402. The number of carbonyl (C=O) groups excluding carboxylic acids is 1. The molecular formula is C27H40N7O4S+. The molecule has 0 bridgehead atoms. The van der Waals surface area contributed by atoms with E-state index in [0.717, 1.165) is 49.5 Å². The van der Waals surface area contributed by atoms with Crippen molar-refractivity contribution < 1.29 is 22.5 Å². The van der Waals surface area contributed by atoms with Gasteiger partial charge in [0.2, 0.25) is 0 Å². The summed E-state index contributed by atoms with van der Waals surface area (Å²) < 4.78 is 39.5. The highest BCUT2D eigenvalue weighted by atomic mass is 32.2. The molecule has 0 saturated carbocycles. The van der Waals surface area contributed by atoms with Crippen LogP contribution in [-0.4, -0.2) is 84.5 Å². The van der Waals surface area contributed by atoms with Crippen molar-refractivity contribution in [1.29, 1.82) is 0 Å². The van der Waals surface area contributed by atoms with E-state index in [9.17, 15) is 13.2 Å². The predicted molar refractivity (Wildman–Crippen MR) is 149 cm³/mol. The zero-order valence-electron chi connectivity index (χ0n) is 23.6. The molecule has 1 N–H and O–H groups in total. The Balaban J connectivity index is 1.35. The van der Waals surface area contributed by atoms with Crippen LogP contribution in [0.4, 0.5) is 5.69 Å². The number of hydrogen-bond acceptors (Lipinski definition) is 5. The molecule has 212 valence electrons. The van der Waals surface area contributed by atoms with Gasteiger partial charge in [0.1, 0.15) is 18.2 Å². The lowest BCUT2D eigenvalue weighted by Crippen LogP contribution is -2.54. The Morgan fingerprint density at radius 1 is 1.18 bits per heavy atom. The van der Waals surface area contributed by atoms with Crippen molar-refractivity contribution in [1.82, 2.24) is 23.7 Å².